The first-order valence-corrected chi connectivity index (χ1v) is 12.1. The van der Waals surface area contributed by atoms with Crippen molar-refractivity contribution >= 4 is 49.7 Å². The summed E-state index contributed by atoms with van der Waals surface area (Å²) in [6.45, 7) is 4.01. The largest absolute Gasteiger partial charge is 0.345 e. The van der Waals surface area contributed by atoms with Gasteiger partial charge in [0.05, 0.1) is 20.6 Å². The molecular formula is C20H19Cl2N3O2S2. The van der Waals surface area contributed by atoms with Crippen molar-refractivity contribution < 1.29 is 8.42 Å². The van der Waals surface area contributed by atoms with Crippen molar-refractivity contribution in [1.82, 2.24) is 9.29 Å². The predicted molar refractivity (Wildman–Crippen MR) is 120 cm³/mol. The normalized spacial score (nSPS) is 15.6. The standard InChI is InChI=1S/C20H19Cl2N3O2S2/c1-14-2-4-15(5-3-14)19-13-28-20(23-19)24-8-10-25(11-9-24)29(26,27)16-6-7-17(21)18(22)12-16/h2-7,12-13H,8-11H2,1H3. The summed E-state index contributed by atoms with van der Waals surface area (Å²) >= 11 is 13.5. The van der Waals surface area contributed by atoms with Gasteiger partial charge < -0.3 is 4.90 Å². The first-order valence-electron chi connectivity index (χ1n) is 9.07. The molecule has 4 rings (SSSR count). The van der Waals surface area contributed by atoms with Crippen molar-refractivity contribution in [2.75, 3.05) is 31.1 Å². The molecule has 0 radical (unpaired) electrons. The van der Waals surface area contributed by atoms with Crippen LogP contribution < -0.4 is 4.90 Å². The van der Waals surface area contributed by atoms with Gasteiger partial charge in [-0.2, -0.15) is 4.31 Å². The maximum Gasteiger partial charge on any atom is 0.243 e. The van der Waals surface area contributed by atoms with Gasteiger partial charge in [0.2, 0.25) is 10.0 Å². The third-order valence-electron chi connectivity index (χ3n) is 4.88. The first-order chi connectivity index (χ1) is 13.8. The number of hydrogen-bond donors (Lipinski definition) is 0. The summed E-state index contributed by atoms with van der Waals surface area (Å²) in [7, 11) is -3.60. The van der Waals surface area contributed by atoms with Crippen LogP contribution in [0.5, 0.6) is 0 Å². The molecule has 1 fully saturated rings. The molecule has 1 aromatic heterocycles. The molecule has 0 unspecified atom stereocenters. The molecule has 0 atom stereocenters. The van der Waals surface area contributed by atoms with Crippen LogP contribution in [0.3, 0.4) is 0 Å². The molecule has 9 heteroatoms. The molecule has 0 aliphatic carbocycles. The average Bonchev–Trinajstić information content (AvgIpc) is 3.21. The first kappa shape index (κ1) is 20.6. The van der Waals surface area contributed by atoms with E-state index in [0.29, 0.717) is 31.2 Å². The van der Waals surface area contributed by atoms with Gasteiger partial charge in [-0.05, 0) is 25.1 Å². The molecule has 0 spiro atoms. The van der Waals surface area contributed by atoms with E-state index in [4.69, 9.17) is 28.2 Å². The van der Waals surface area contributed by atoms with Gasteiger partial charge in [0, 0.05) is 37.1 Å². The zero-order valence-corrected chi connectivity index (χ0v) is 18.8. The van der Waals surface area contributed by atoms with E-state index in [1.165, 1.54) is 28.1 Å². The highest BCUT2D eigenvalue weighted by molar-refractivity contribution is 7.89. The number of hydrogen-bond acceptors (Lipinski definition) is 5. The van der Waals surface area contributed by atoms with E-state index >= 15 is 0 Å². The maximum absolute atomic E-state index is 12.9. The minimum absolute atomic E-state index is 0.163. The Morgan fingerprint density at radius 1 is 0.966 bits per heavy atom. The fourth-order valence-corrected chi connectivity index (χ4v) is 5.87. The van der Waals surface area contributed by atoms with Gasteiger partial charge in [0.15, 0.2) is 5.13 Å². The van der Waals surface area contributed by atoms with Crippen LogP contribution in [-0.2, 0) is 10.0 Å². The van der Waals surface area contributed by atoms with Crippen molar-refractivity contribution in [1.29, 1.82) is 0 Å². The Morgan fingerprint density at radius 2 is 1.66 bits per heavy atom. The Balaban J connectivity index is 1.45. The zero-order valence-electron chi connectivity index (χ0n) is 15.7. The highest BCUT2D eigenvalue weighted by atomic mass is 35.5. The molecule has 0 bridgehead atoms. The lowest BCUT2D eigenvalue weighted by atomic mass is 10.1. The summed E-state index contributed by atoms with van der Waals surface area (Å²) in [6.07, 6.45) is 0. The summed E-state index contributed by atoms with van der Waals surface area (Å²) in [5.41, 5.74) is 3.23. The van der Waals surface area contributed by atoms with E-state index < -0.39 is 10.0 Å². The SMILES string of the molecule is Cc1ccc(-c2csc(N3CCN(S(=O)(=O)c4ccc(Cl)c(Cl)c4)CC3)n2)cc1. The second-order valence-corrected chi connectivity index (χ2v) is 10.4. The Hall–Kier alpha value is -1.64. The van der Waals surface area contributed by atoms with E-state index in [9.17, 15) is 8.42 Å². The zero-order chi connectivity index (χ0) is 20.6. The lowest BCUT2D eigenvalue weighted by molar-refractivity contribution is 0.385. The molecular weight excluding hydrogens is 449 g/mol. The van der Waals surface area contributed by atoms with Crippen LogP contribution in [0.2, 0.25) is 10.0 Å². The van der Waals surface area contributed by atoms with Gasteiger partial charge in [-0.25, -0.2) is 13.4 Å². The molecule has 0 saturated carbocycles. The van der Waals surface area contributed by atoms with Gasteiger partial charge in [-0.3, -0.25) is 0 Å². The van der Waals surface area contributed by atoms with Crippen LogP contribution in [0.4, 0.5) is 5.13 Å². The molecule has 0 amide bonds. The number of aryl methyl sites for hydroxylation is 1. The lowest BCUT2D eigenvalue weighted by Gasteiger charge is -2.33. The summed E-state index contributed by atoms with van der Waals surface area (Å²) in [6, 6.07) is 12.7. The minimum atomic E-state index is -3.60. The molecule has 2 aromatic carbocycles. The fraction of sp³-hybridized carbons (Fsp3) is 0.250. The molecule has 29 heavy (non-hydrogen) atoms. The number of thiazole rings is 1. The fourth-order valence-electron chi connectivity index (χ4n) is 3.17. The number of anilines is 1. The van der Waals surface area contributed by atoms with Gasteiger partial charge in [-0.15, -0.1) is 11.3 Å². The number of benzene rings is 2. The summed E-state index contributed by atoms with van der Waals surface area (Å²) < 4.78 is 27.3. The van der Waals surface area contributed by atoms with Crippen LogP contribution in [0.1, 0.15) is 5.56 Å². The van der Waals surface area contributed by atoms with Gasteiger partial charge in [0.25, 0.3) is 0 Å². The highest BCUT2D eigenvalue weighted by Crippen LogP contribution is 2.30. The van der Waals surface area contributed by atoms with Gasteiger partial charge in [-0.1, -0.05) is 53.0 Å². The number of nitrogens with zero attached hydrogens (tertiary/aromatic N) is 3. The van der Waals surface area contributed by atoms with E-state index in [1.807, 2.05) is 5.38 Å². The Morgan fingerprint density at radius 3 is 2.31 bits per heavy atom. The predicted octanol–water partition coefficient (Wildman–Crippen LogP) is 4.94. The third-order valence-corrected chi connectivity index (χ3v) is 8.41. The number of rotatable bonds is 4. The third kappa shape index (κ3) is 4.29. The second kappa shape index (κ2) is 8.24. The molecule has 5 nitrogen and oxygen atoms in total. The van der Waals surface area contributed by atoms with Gasteiger partial charge in [0.1, 0.15) is 0 Å². The van der Waals surface area contributed by atoms with Crippen molar-refractivity contribution in [2.24, 2.45) is 0 Å². The smallest absolute Gasteiger partial charge is 0.243 e. The van der Waals surface area contributed by atoms with Crippen molar-refractivity contribution in [2.45, 2.75) is 11.8 Å². The maximum atomic E-state index is 12.9. The Labute approximate surface area is 184 Å². The van der Waals surface area contributed by atoms with E-state index in [0.717, 1.165) is 16.4 Å². The molecule has 0 N–H and O–H groups in total. The molecule has 1 aliphatic rings. The molecule has 152 valence electrons. The molecule has 1 aliphatic heterocycles. The quantitative estimate of drug-likeness (QED) is 0.545. The summed E-state index contributed by atoms with van der Waals surface area (Å²) in [5.74, 6) is 0. The summed E-state index contributed by atoms with van der Waals surface area (Å²) in [5, 5.41) is 3.52. The van der Waals surface area contributed by atoms with E-state index in [2.05, 4.69) is 36.1 Å². The summed E-state index contributed by atoms with van der Waals surface area (Å²) in [4.78, 5) is 7.04. The molecule has 1 saturated heterocycles. The van der Waals surface area contributed by atoms with Crippen LogP contribution in [0.25, 0.3) is 11.3 Å². The molecule has 2 heterocycles. The monoisotopic (exact) mass is 467 g/mol. The average molecular weight is 468 g/mol. The number of halogens is 2. The van der Waals surface area contributed by atoms with Gasteiger partial charge >= 0.3 is 0 Å². The van der Waals surface area contributed by atoms with Crippen LogP contribution in [0, 0.1) is 6.92 Å². The second-order valence-electron chi connectivity index (χ2n) is 6.85. The minimum Gasteiger partial charge on any atom is -0.345 e. The van der Waals surface area contributed by atoms with E-state index in [-0.39, 0.29) is 9.92 Å². The van der Waals surface area contributed by atoms with Crippen LogP contribution in [0.15, 0.2) is 52.7 Å². The van der Waals surface area contributed by atoms with Crippen molar-refractivity contribution in [3.05, 3.63) is 63.5 Å². The Bertz CT molecular complexity index is 1120. The van der Waals surface area contributed by atoms with Crippen molar-refractivity contribution in [3.8, 4) is 11.3 Å². The molecule has 3 aromatic rings. The Kier molecular flexibility index (Phi) is 5.86. The van der Waals surface area contributed by atoms with Crippen LogP contribution >= 0.6 is 34.5 Å². The number of aromatic nitrogens is 1. The van der Waals surface area contributed by atoms with Crippen molar-refractivity contribution in [3.63, 3.8) is 0 Å². The lowest BCUT2D eigenvalue weighted by Crippen LogP contribution is -2.48. The van der Waals surface area contributed by atoms with Crippen LogP contribution in [-0.4, -0.2) is 43.9 Å². The highest BCUT2D eigenvalue weighted by Gasteiger charge is 2.29. The number of sulfonamides is 1. The van der Waals surface area contributed by atoms with E-state index in [1.54, 1.807) is 11.3 Å². The number of piperazine rings is 1. The topological polar surface area (TPSA) is 53.5 Å².